The summed E-state index contributed by atoms with van der Waals surface area (Å²) in [5, 5.41) is 9.60. The monoisotopic (exact) mass is 269 g/mol. The van der Waals surface area contributed by atoms with Crippen LogP contribution in [0.2, 0.25) is 0 Å². The maximum atomic E-state index is 13.0. The molecule has 6 heteroatoms. The van der Waals surface area contributed by atoms with Gasteiger partial charge < -0.3 is 5.11 Å². The summed E-state index contributed by atoms with van der Waals surface area (Å²) in [5.41, 5.74) is -0.0326. The van der Waals surface area contributed by atoms with Gasteiger partial charge in [0.2, 0.25) is 0 Å². The van der Waals surface area contributed by atoms with Crippen molar-refractivity contribution in [1.82, 2.24) is 4.98 Å². The first-order valence-electron chi connectivity index (χ1n) is 5.50. The first-order chi connectivity index (χ1) is 8.89. The third-order valence-corrected chi connectivity index (χ3v) is 2.86. The summed E-state index contributed by atoms with van der Waals surface area (Å²) in [7, 11) is 0. The highest BCUT2D eigenvalue weighted by Crippen LogP contribution is 2.40. The number of carboxylic acids is 1. The fourth-order valence-electron chi connectivity index (χ4n) is 2.03. The van der Waals surface area contributed by atoms with Crippen molar-refractivity contribution in [3.63, 3.8) is 0 Å². The van der Waals surface area contributed by atoms with Crippen LogP contribution in [0.4, 0.5) is 13.2 Å². The number of benzene rings is 1. The van der Waals surface area contributed by atoms with Gasteiger partial charge in [-0.05, 0) is 17.0 Å². The summed E-state index contributed by atoms with van der Waals surface area (Å²) in [4.78, 5) is 14.5. The molecule has 1 N–H and O–H groups in total. The zero-order valence-electron chi connectivity index (χ0n) is 9.69. The highest BCUT2D eigenvalue weighted by molar-refractivity contribution is 5.86. The topological polar surface area (TPSA) is 50.2 Å². The molecule has 0 saturated carbocycles. The number of halogens is 3. The molecular formula is C13H10F3NO2. The van der Waals surface area contributed by atoms with Crippen LogP contribution in [0.3, 0.4) is 0 Å². The lowest BCUT2D eigenvalue weighted by atomic mass is 9.91. The molecule has 3 nitrogen and oxygen atoms in total. The second kappa shape index (κ2) is 4.87. The molecule has 1 unspecified atom stereocenters. The number of hydrogen-bond acceptors (Lipinski definition) is 2. The van der Waals surface area contributed by atoms with Gasteiger partial charge in [0.25, 0.3) is 0 Å². The molecule has 0 fully saturated rings. The normalized spacial score (nSPS) is 13.4. The van der Waals surface area contributed by atoms with Crippen molar-refractivity contribution in [3.8, 4) is 0 Å². The average molecular weight is 269 g/mol. The van der Waals surface area contributed by atoms with Gasteiger partial charge in [0.05, 0.1) is 12.3 Å². The summed E-state index contributed by atoms with van der Waals surface area (Å²) in [6.45, 7) is 0. The van der Waals surface area contributed by atoms with Gasteiger partial charge in [0.1, 0.15) is 0 Å². The number of rotatable bonds is 3. The second-order valence-corrected chi connectivity index (χ2v) is 4.14. The van der Waals surface area contributed by atoms with Crippen molar-refractivity contribution in [2.75, 3.05) is 0 Å². The first-order valence-corrected chi connectivity index (χ1v) is 5.50. The molecular weight excluding hydrogens is 259 g/mol. The Morgan fingerprint density at radius 3 is 2.68 bits per heavy atom. The van der Waals surface area contributed by atoms with Gasteiger partial charge in [-0.15, -0.1) is 0 Å². The van der Waals surface area contributed by atoms with Gasteiger partial charge in [-0.1, -0.05) is 18.2 Å². The number of hydrogen-bond donors (Lipinski definition) is 1. The molecule has 0 aliphatic heterocycles. The maximum absolute atomic E-state index is 13.0. The predicted octanol–water partition coefficient (Wildman–Crippen LogP) is 3.36. The second-order valence-electron chi connectivity index (χ2n) is 4.14. The van der Waals surface area contributed by atoms with E-state index in [1.165, 1.54) is 30.6 Å². The van der Waals surface area contributed by atoms with E-state index in [9.17, 15) is 18.0 Å². The summed E-state index contributed by atoms with van der Waals surface area (Å²) < 4.78 is 39.0. The van der Waals surface area contributed by atoms with Crippen LogP contribution < -0.4 is 0 Å². The molecule has 100 valence electrons. The van der Waals surface area contributed by atoms with Crippen LogP contribution in [0.1, 0.15) is 17.9 Å². The van der Waals surface area contributed by atoms with Crippen LogP contribution >= 0.6 is 0 Å². The van der Waals surface area contributed by atoms with E-state index in [1.807, 2.05) is 0 Å². The third-order valence-electron chi connectivity index (χ3n) is 2.86. The molecule has 19 heavy (non-hydrogen) atoms. The van der Waals surface area contributed by atoms with E-state index in [0.29, 0.717) is 10.8 Å². The summed E-state index contributed by atoms with van der Waals surface area (Å²) in [5.74, 6) is -3.50. The quantitative estimate of drug-likeness (QED) is 0.929. The Kier molecular flexibility index (Phi) is 3.42. The van der Waals surface area contributed by atoms with Crippen molar-refractivity contribution < 1.29 is 23.1 Å². The largest absolute Gasteiger partial charge is 0.481 e. The van der Waals surface area contributed by atoms with E-state index in [0.717, 1.165) is 0 Å². The standard InChI is InChI=1S/C13H10F3NO2/c14-13(15,16)11(6-12(18)19)10-3-1-2-8-7-17-5-4-9(8)10/h1-5,7,11H,6H2,(H,18,19). The van der Waals surface area contributed by atoms with Crippen molar-refractivity contribution >= 4 is 16.7 Å². The Morgan fingerprint density at radius 1 is 1.32 bits per heavy atom. The summed E-state index contributed by atoms with van der Waals surface area (Å²) in [6.07, 6.45) is -2.74. The van der Waals surface area contributed by atoms with Crippen LogP contribution in [0, 0.1) is 0 Å². The fourth-order valence-corrected chi connectivity index (χ4v) is 2.03. The molecule has 0 aliphatic carbocycles. The van der Waals surface area contributed by atoms with Crippen molar-refractivity contribution in [1.29, 1.82) is 0 Å². The van der Waals surface area contributed by atoms with Gasteiger partial charge in [0.15, 0.2) is 0 Å². The molecule has 1 aromatic carbocycles. The molecule has 1 heterocycles. The van der Waals surface area contributed by atoms with Crippen molar-refractivity contribution in [3.05, 3.63) is 42.2 Å². The van der Waals surface area contributed by atoms with Crippen LogP contribution in [-0.2, 0) is 4.79 Å². The zero-order chi connectivity index (χ0) is 14.0. The Balaban J connectivity index is 2.59. The maximum Gasteiger partial charge on any atom is 0.396 e. The van der Waals surface area contributed by atoms with Crippen molar-refractivity contribution in [2.45, 2.75) is 18.5 Å². The first kappa shape index (κ1) is 13.3. The average Bonchev–Trinajstić information content (AvgIpc) is 2.34. The zero-order valence-corrected chi connectivity index (χ0v) is 9.69. The Morgan fingerprint density at radius 2 is 2.05 bits per heavy atom. The molecule has 2 rings (SSSR count). The van der Waals surface area contributed by atoms with E-state index in [1.54, 1.807) is 6.07 Å². The van der Waals surface area contributed by atoms with Gasteiger partial charge in [-0.2, -0.15) is 13.2 Å². The van der Waals surface area contributed by atoms with E-state index >= 15 is 0 Å². The Labute approximate surface area is 106 Å². The predicted molar refractivity (Wildman–Crippen MR) is 62.8 cm³/mol. The number of pyridine rings is 1. The number of alkyl halides is 3. The summed E-state index contributed by atoms with van der Waals surface area (Å²) in [6, 6.07) is 5.88. The lowest BCUT2D eigenvalue weighted by Gasteiger charge is -2.20. The summed E-state index contributed by atoms with van der Waals surface area (Å²) >= 11 is 0. The minimum atomic E-state index is -4.60. The molecule has 0 aliphatic rings. The number of fused-ring (bicyclic) bond motifs is 1. The Hall–Kier alpha value is -2.11. The molecule has 0 radical (unpaired) electrons. The Bertz CT molecular complexity index is 605. The molecule has 0 saturated heterocycles. The number of aliphatic carboxylic acids is 1. The SMILES string of the molecule is O=C(O)CC(c1cccc2cnccc12)C(F)(F)F. The van der Waals surface area contributed by atoms with E-state index in [-0.39, 0.29) is 5.56 Å². The molecule has 1 aromatic heterocycles. The van der Waals surface area contributed by atoms with Crippen LogP contribution in [0.15, 0.2) is 36.7 Å². The molecule has 0 amide bonds. The van der Waals surface area contributed by atoms with Crippen LogP contribution in [0.5, 0.6) is 0 Å². The van der Waals surface area contributed by atoms with Crippen LogP contribution in [-0.4, -0.2) is 22.2 Å². The van der Waals surface area contributed by atoms with Gasteiger partial charge in [-0.3, -0.25) is 9.78 Å². The molecule has 0 spiro atoms. The van der Waals surface area contributed by atoms with E-state index in [2.05, 4.69) is 4.98 Å². The molecule has 2 aromatic rings. The van der Waals surface area contributed by atoms with Gasteiger partial charge in [-0.25, -0.2) is 0 Å². The van der Waals surface area contributed by atoms with E-state index < -0.39 is 24.5 Å². The lowest BCUT2D eigenvalue weighted by molar-refractivity contribution is -0.163. The highest BCUT2D eigenvalue weighted by atomic mass is 19.4. The van der Waals surface area contributed by atoms with Gasteiger partial charge >= 0.3 is 12.1 Å². The number of aromatic nitrogens is 1. The van der Waals surface area contributed by atoms with Gasteiger partial charge in [0, 0.05) is 17.8 Å². The fraction of sp³-hybridized carbons (Fsp3) is 0.231. The lowest BCUT2D eigenvalue weighted by Crippen LogP contribution is -2.23. The highest BCUT2D eigenvalue weighted by Gasteiger charge is 2.42. The molecule has 1 atom stereocenters. The number of carbonyl (C=O) groups is 1. The number of nitrogens with zero attached hydrogens (tertiary/aromatic N) is 1. The third kappa shape index (κ3) is 2.83. The number of carboxylic acid groups (broad SMARTS) is 1. The minimum absolute atomic E-state index is 0.0326. The van der Waals surface area contributed by atoms with Crippen LogP contribution in [0.25, 0.3) is 10.8 Å². The minimum Gasteiger partial charge on any atom is -0.481 e. The van der Waals surface area contributed by atoms with Crippen molar-refractivity contribution in [2.24, 2.45) is 0 Å². The smallest absolute Gasteiger partial charge is 0.396 e. The molecule has 0 bridgehead atoms. The van der Waals surface area contributed by atoms with E-state index in [4.69, 9.17) is 5.11 Å².